The number of benzene rings is 2. The topological polar surface area (TPSA) is 59.8 Å². The molecule has 1 aliphatic carbocycles. The number of carbonyl (C=O) groups excluding carboxylic acids is 1. The summed E-state index contributed by atoms with van der Waals surface area (Å²) < 4.78 is 2.90. The second-order valence-corrected chi connectivity index (χ2v) is 11.7. The van der Waals surface area contributed by atoms with Gasteiger partial charge in [0.25, 0.3) is 0 Å². The van der Waals surface area contributed by atoms with Gasteiger partial charge in [-0.2, -0.15) is 4.98 Å². The van der Waals surface area contributed by atoms with Crippen LogP contribution in [0.4, 0.5) is 5.95 Å². The van der Waals surface area contributed by atoms with Gasteiger partial charge < -0.3 is 5.32 Å². The summed E-state index contributed by atoms with van der Waals surface area (Å²) in [6.07, 6.45) is 1.36. The summed E-state index contributed by atoms with van der Waals surface area (Å²) in [6, 6.07) is 14.4. The molecule has 0 fully saturated rings. The molecule has 5 nitrogen and oxygen atoms in total. The summed E-state index contributed by atoms with van der Waals surface area (Å²) in [5.74, 6) is 1.70. The number of nitrogens with one attached hydrogen (secondary N) is 1. The Hall–Kier alpha value is -2.38. The number of ketones is 1. The second-order valence-electron chi connectivity index (χ2n) is 9.79. The van der Waals surface area contributed by atoms with E-state index in [1.54, 1.807) is 11.8 Å². The fourth-order valence-electron chi connectivity index (χ4n) is 4.70. The lowest BCUT2D eigenvalue weighted by Gasteiger charge is -2.38. The van der Waals surface area contributed by atoms with Gasteiger partial charge in [0.05, 0.1) is 0 Å². The Morgan fingerprint density at radius 1 is 1.15 bits per heavy atom. The molecule has 0 bridgehead atoms. The zero-order valence-electron chi connectivity index (χ0n) is 19.3. The first-order valence-electron chi connectivity index (χ1n) is 11.1. The molecule has 2 aliphatic rings. The third-order valence-corrected chi connectivity index (χ3v) is 7.77. The monoisotopic (exact) mass is 522 g/mol. The van der Waals surface area contributed by atoms with Crippen LogP contribution in [0.15, 0.2) is 63.4 Å². The Morgan fingerprint density at radius 2 is 1.91 bits per heavy atom. The van der Waals surface area contributed by atoms with E-state index in [-0.39, 0.29) is 17.2 Å². The summed E-state index contributed by atoms with van der Waals surface area (Å²) in [7, 11) is 0. The predicted molar refractivity (Wildman–Crippen MR) is 136 cm³/mol. The van der Waals surface area contributed by atoms with Crippen molar-refractivity contribution in [3.63, 3.8) is 0 Å². The first kappa shape index (κ1) is 22.4. The Kier molecular flexibility index (Phi) is 5.73. The molecule has 2 aromatic carbocycles. The molecule has 7 heteroatoms. The average Bonchev–Trinajstić information content (AvgIpc) is 3.15. The van der Waals surface area contributed by atoms with E-state index < -0.39 is 0 Å². The summed E-state index contributed by atoms with van der Waals surface area (Å²) >= 11 is 5.15. The van der Waals surface area contributed by atoms with Gasteiger partial charge in [-0.15, -0.1) is 5.10 Å². The highest BCUT2D eigenvalue weighted by Crippen LogP contribution is 2.45. The zero-order valence-corrected chi connectivity index (χ0v) is 21.7. The van der Waals surface area contributed by atoms with Gasteiger partial charge in [-0.25, -0.2) is 4.68 Å². The number of carbonyl (C=O) groups is 1. The Bertz CT molecular complexity index is 1280. The molecule has 0 spiro atoms. The van der Waals surface area contributed by atoms with Gasteiger partial charge in [0.2, 0.25) is 11.1 Å². The predicted octanol–water partition coefficient (Wildman–Crippen LogP) is 6.61. The fourth-order valence-corrected chi connectivity index (χ4v) is 5.86. The number of thioether (sulfide) groups is 1. The second kappa shape index (κ2) is 8.44. The molecule has 5 rings (SSSR count). The van der Waals surface area contributed by atoms with Crippen LogP contribution in [0.3, 0.4) is 0 Å². The van der Waals surface area contributed by atoms with Crippen LogP contribution in [0.2, 0.25) is 0 Å². The van der Waals surface area contributed by atoms with E-state index in [1.165, 1.54) is 16.7 Å². The van der Waals surface area contributed by atoms with Crippen molar-refractivity contribution in [3.8, 4) is 0 Å². The van der Waals surface area contributed by atoms with E-state index in [9.17, 15) is 4.79 Å². The minimum atomic E-state index is -0.268. The molecule has 1 aromatic heterocycles. The number of anilines is 1. The number of rotatable bonds is 4. The smallest absolute Gasteiger partial charge is 0.227 e. The highest BCUT2D eigenvalue weighted by Gasteiger charge is 2.41. The molecule has 0 saturated carbocycles. The van der Waals surface area contributed by atoms with E-state index in [0.717, 1.165) is 33.5 Å². The Balaban J connectivity index is 1.52. The van der Waals surface area contributed by atoms with Gasteiger partial charge in [-0.05, 0) is 54.5 Å². The molecular formula is C26H27BrN4OS. The standard InChI is InChI=1S/C26H27BrN4OS/c1-15-5-6-16(2)18(11-15)14-33-25-29-24-28-20-12-26(3,4)13-21(32)22(20)23(31(24)30-25)17-7-9-19(27)10-8-17/h5-11,23H,12-14H2,1-4H3,(H,28,29,30). The SMILES string of the molecule is Cc1ccc(C)c(CSc2nc3n(n2)C(c2ccc(Br)cc2)C2=C(CC(C)(C)CC2=O)N3)c1. The molecule has 1 N–H and O–H groups in total. The summed E-state index contributed by atoms with van der Waals surface area (Å²) in [5, 5.41) is 9.04. The summed E-state index contributed by atoms with van der Waals surface area (Å²) in [6.45, 7) is 8.55. The molecule has 2 heterocycles. The Morgan fingerprint density at radius 3 is 2.67 bits per heavy atom. The number of nitrogens with zero attached hydrogens (tertiary/aromatic N) is 3. The molecule has 0 saturated heterocycles. The quantitative estimate of drug-likeness (QED) is 0.390. The largest absolute Gasteiger partial charge is 0.328 e. The summed E-state index contributed by atoms with van der Waals surface area (Å²) in [5.41, 5.74) is 6.58. The van der Waals surface area contributed by atoms with Crippen LogP contribution < -0.4 is 5.32 Å². The number of aromatic nitrogens is 3. The van der Waals surface area contributed by atoms with Gasteiger partial charge in [-0.1, -0.05) is 77.4 Å². The molecule has 1 unspecified atom stereocenters. The van der Waals surface area contributed by atoms with Crippen molar-refractivity contribution < 1.29 is 4.79 Å². The number of hydrogen-bond donors (Lipinski definition) is 1. The number of fused-ring (bicyclic) bond motifs is 1. The molecule has 33 heavy (non-hydrogen) atoms. The van der Waals surface area contributed by atoms with Crippen molar-refractivity contribution in [2.24, 2.45) is 5.41 Å². The van der Waals surface area contributed by atoms with Gasteiger partial charge in [0, 0.05) is 27.9 Å². The zero-order chi connectivity index (χ0) is 23.3. The van der Waals surface area contributed by atoms with E-state index >= 15 is 0 Å². The van der Waals surface area contributed by atoms with Crippen LogP contribution in [0.25, 0.3) is 0 Å². The maximum absolute atomic E-state index is 13.3. The lowest BCUT2D eigenvalue weighted by atomic mass is 9.73. The van der Waals surface area contributed by atoms with Crippen molar-refractivity contribution in [2.45, 2.75) is 57.5 Å². The molecule has 1 aliphatic heterocycles. The van der Waals surface area contributed by atoms with Gasteiger partial charge in [0.15, 0.2) is 5.78 Å². The van der Waals surface area contributed by atoms with Crippen LogP contribution >= 0.6 is 27.7 Å². The van der Waals surface area contributed by atoms with Gasteiger partial charge in [0.1, 0.15) is 6.04 Å². The van der Waals surface area contributed by atoms with Crippen molar-refractivity contribution >= 4 is 39.4 Å². The maximum atomic E-state index is 13.3. The number of hydrogen-bond acceptors (Lipinski definition) is 5. The van der Waals surface area contributed by atoms with Crippen molar-refractivity contribution in [1.29, 1.82) is 0 Å². The number of allylic oxidation sites excluding steroid dienone is 2. The van der Waals surface area contributed by atoms with Crippen molar-refractivity contribution in [1.82, 2.24) is 14.8 Å². The lowest BCUT2D eigenvalue weighted by molar-refractivity contribution is -0.118. The third kappa shape index (κ3) is 4.41. The number of halogens is 1. The number of Topliss-reactive ketones (excluding diaryl/α,β-unsaturated/α-hetero) is 1. The van der Waals surface area contributed by atoms with Crippen molar-refractivity contribution in [2.75, 3.05) is 5.32 Å². The van der Waals surface area contributed by atoms with Gasteiger partial charge in [-0.3, -0.25) is 4.79 Å². The van der Waals surface area contributed by atoms with Crippen LogP contribution in [-0.4, -0.2) is 20.5 Å². The van der Waals surface area contributed by atoms with E-state index in [1.807, 2.05) is 16.8 Å². The maximum Gasteiger partial charge on any atom is 0.227 e. The molecule has 3 aromatic rings. The van der Waals surface area contributed by atoms with Crippen LogP contribution in [0.1, 0.15) is 55.0 Å². The first-order chi connectivity index (χ1) is 15.7. The van der Waals surface area contributed by atoms with Gasteiger partial charge >= 0.3 is 0 Å². The fraction of sp³-hybridized carbons (Fsp3) is 0.346. The van der Waals surface area contributed by atoms with E-state index in [0.29, 0.717) is 17.5 Å². The minimum Gasteiger partial charge on any atom is -0.328 e. The first-order valence-corrected chi connectivity index (χ1v) is 12.9. The molecule has 0 radical (unpaired) electrons. The molecule has 170 valence electrons. The van der Waals surface area contributed by atoms with Crippen molar-refractivity contribution in [3.05, 3.63) is 80.5 Å². The normalized spacial score (nSPS) is 19.2. The average molecular weight is 524 g/mol. The third-order valence-electron chi connectivity index (χ3n) is 6.36. The number of aryl methyl sites for hydroxylation is 2. The van der Waals surface area contributed by atoms with E-state index in [4.69, 9.17) is 10.1 Å². The highest BCUT2D eigenvalue weighted by atomic mass is 79.9. The van der Waals surface area contributed by atoms with Crippen LogP contribution in [0.5, 0.6) is 0 Å². The highest BCUT2D eigenvalue weighted by molar-refractivity contribution is 9.10. The molecule has 1 atom stereocenters. The Labute approximate surface area is 207 Å². The van der Waals surface area contributed by atoms with Crippen LogP contribution in [0, 0.1) is 19.3 Å². The van der Waals surface area contributed by atoms with Crippen LogP contribution in [-0.2, 0) is 10.5 Å². The van der Waals surface area contributed by atoms with E-state index in [2.05, 4.69) is 79.3 Å². The summed E-state index contributed by atoms with van der Waals surface area (Å²) in [4.78, 5) is 18.1. The lowest BCUT2D eigenvalue weighted by Crippen LogP contribution is -2.36. The molecule has 0 amide bonds. The minimum absolute atomic E-state index is 0.0738. The molecular weight excluding hydrogens is 496 g/mol.